The molecule has 7 heteroatoms. The normalized spacial score (nSPS) is 13.2. The molecular formula is C13H29NO5Si. The predicted molar refractivity (Wildman–Crippen MR) is 79.3 cm³/mol. The van der Waals surface area contributed by atoms with Crippen molar-refractivity contribution in [3.8, 4) is 0 Å². The van der Waals surface area contributed by atoms with Gasteiger partial charge in [-0.15, -0.1) is 0 Å². The molecule has 0 bridgehead atoms. The average molecular weight is 307 g/mol. The molecule has 0 rings (SSSR count). The van der Waals surface area contributed by atoms with Crippen LogP contribution in [0.5, 0.6) is 0 Å². The van der Waals surface area contributed by atoms with Crippen LogP contribution in [0.1, 0.15) is 40.5 Å². The highest BCUT2D eigenvalue weighted by molar-refractivity contribution is 6.60. The van der Waals surface area contributed by atoms with Gasteiger partial charge in [-0.3, -0.25) is 4.79 Å². The summed E-state index contributed by atoms with van der Waals surface area (Å²) in [7, 11) is -2.63. The van der Waals surface area contributed by atoms with Crippen molar-refractivity contribution in [1.29, 1.82) is 0 Å². The number of esters is 1. The summed E-state index contributed by atoms with van der Waals surface area (Å²) in [6.07, 6.45) is 1.22. The summed E-state index contributed by atoms with van der Waals surface area (Å²) in [5.41, 5.74) is 5.59. The summed E-state index contributed by atoms with van der Waals surface area (Å²) in [5, 5.41) is 0. The van der Waals surface area contributed by atoms with E-state index in [-0.39, 0.29) is 5.97 Å². The van der Waals surface area contributed by atoms with Gasteiger partial charge in [-0.25, -0.2) is 0 Å². The first-order valence-electron chi connectivity index (χ1n) is 7.39. The lowest BCUT2D eigenvalue weighted by Gasteiger charge is -2.28. The summed E-state index contributed by atoms with van der Waals surface area (Å²) in [5.74, 6) is -0.357. The number of carbonyl (C=O) groups excluding carboxylic acids is 1. The topological polar surface area (TPSA) is 80.0 Å². The Bertz CT molecular complexity index is 248. The van der Waals surface area contributed by atoms with E-state index in [2.05, 4.69) is 0 Å². The third-order valence-electron chi connectivity index (χ3n) is 2.71. The highest BCUT2D eigenvalue weighted by Gasteiger charge is 2.39. The number of hydrogen-bond acceptors (Lipinski definition) is 6. The molecule has 0 amide bonds. The Hall–Kier alpha value is -0.473. The van der Waals surface area contributed by atoms with Gasteiger partial charge in [-0.1, -0.05) is 6.92 Å². The lowest BCUT2D eigenvalue weighted by atomic mass is 10.2. The predicted octanol–water partition coefficient (Wildman–Crippen LogP) is 1.71. The number of carbonyl (C=O) groups is 1. The fourth-order valence-electron chi connectivity index (χ4n) is 1.74. The fourth-order valence-corrected chi connectivity index (χ4v) is 4.32. The molecule has 0 aliphatic rings. The van der Waals surface area contributed by atoms with E-state index in [9.17, 15) is 4.79 Å². The molecule has 0 aliphatic carbocycles. The Morgan fingerprint density at radius 3 is 1.95 bits per heavy atom. The summed E-state index contributed by atoms with van der Waals surface area (Å²) < 4.78 is 22.3. The average Bonchev–Trinajstić information content (AvgIpc) is 2.43. The molecule has 1 atom stereocenters. The van der Waals surface area contributed by atoms with Crippen molar-refractivity contribution < 1.29 is 22.8 Å². The standard InChI is InChI=1S/C13H29NO5Si/c1-5-12(14)13(15)16-10-9-11-20(17-6-2,18-7-3)19-8-4/h12H,5-11,14H2,1-4H3. The zero-order valence-corrected chi connectivity index (χ0v) is 14.1. The van der Waals surface area contributed by atoms with Crippen molar-refractivity contribution in [3.05, 3.63) is 0 Å². The molecule has 0 spiro atoms. The second kappa shape index (κ2) is 11.2. The minimum absolute atomic E-state index is 0.314. The van der Waals surface area contributed by atoms with Crippen molar-refractivity contribution >= 4 is 14.8 Å². The third kappa shape index (κ3) is 7.35. The van der Waals surface area contributed by atoms with Crippen molar-refractivity contribution in [2.75, 3.05) is 26.4 Å². The van der Waals surface area contributed by atoms with Crippen LogP contribution in [0.25, 0.3) is 0 Å². The van der Waals surface area contributed by atoms with E-state index in [1.165, 1.54) is 0 Å². The molecule has 0 heterocycles. The molecule has 0 aromatic rings. The number of rotatable bonds is 12. The van der Waals surface area contributed by atoms with E-state index < -0.39 is 14.8 Å². The van der Waals surface area contributed by atoms with Crippen LogP contribution in [0.15, 0.2) is 0 Å². The van der Waals surface area contributed by atoms with E-state index in [1.807, 2.05) is 27.7 Å². The van der Waals surface area contributed by atoms with Crippen LogP contribution in [-0.4, -0.2) is 47.2 Å². The van der Waals surface area contributed by atoms with Crippen molar-refractivity contribution in [2.45, 2.75) is 52.6 Å². The van der Waals surface area contributed by atoms with Crippen LogP contribution in [-0.2, 0) is 22.8 Å². The SMILES string of the molecule is CCO[Si](CCCOC(=O)C(N)CC)(OCC)OCC. The minimum atomic E-state index is -2.63. The molecule has 20 heavy (non-hydrogen) atoms. The van der Waals surface area contributed by atoms with E-state index >= 15 is 0 Å². The molecule has 0 aromatic heterocycles. The van der Waals surface area contributed by atoms with E-state index in [0.29, 0.717) is 45.3 Å². The smallest absolute Gasteiger partial charge is 0.465 e. The van der Waals surface area contributed by atoms with Crippen molar-refractivity contribution in [2.24, 2.45) is 5.73 Å². The lowest BCUT2D eigenvalue weighted by Crippen LogP contribution is -2.46. The van der Waals surface area contributed by atoms with Crippen molar-refractivity contribution in [1.82, 2.24) is 0 Å². The molecule has 0 radical (unpaired) electrons. The minimum Gasteiger partial charge on any atom is -0.465 e. The van der Waals surface area contributed by atoms with Gasteiger partial charge < -0.3 is 23.7 Å². The maximum Gasteiger partial charge on any atom is 0.501 e. The van der Waals surface area contributed by atoms with Gasteiger partial charge in [0.25, 0.3) is 0 Å². The third-order valence-corrected chi connectivity index (χ3v) is 5.86. The van der Waals surface area contributed by atoms with Crippen LogP contribution >= 0.6 is 0 Å². The molecule has 120 valence electrons. The van der Waals surface area contributed by atoms with Crippen LogP contribution in [0.3, 0.4) is 0 Å². The van der Waals surface area contributed by atoms with E-state index in [4.69, 9.17) is 23.7 Å². The van der Waals surface area contributed by atoms with E-state index in [0.717, 1.165) is 0 Å². The van der Waals surface area contributed by atoms with Gasteiger partial charge in [0.15, 0.2) is 0 Å². The second-order valence-corrected chi connectivity index (χ2v) is 7.00. The first kappa shape index (κ1) is 19.5. The van der Waals surface area contributed by atoms with Crippen LogP contribution < -0.4 is 5.73 Å². The van der Waals surface area contributed by atoms with Gasteiger partial charge in [0, 0.05) is 25.9 Å². The largest absolute Gasteiger partial charge is 0.501 e. The molecular weight excluding hydrogens is 278 g/mol. The Morgan fingerprint density at radius 1 is 1.05 bits per heavy atom. The molecule has 0 aromatic carbocycles. The molecule has 2 N–H and O–H groups in total. The van der Waals surface area contributed by atoms with Crippen LogP contribution in [0.4, 0.5) is 0 Å². The van der Waals surface area contributed by atoms with Gasteiger partial charge in [0.05, 0.1) is 6.61 Å². The highest BCUT2D eigenvalue weighted by Crippen LogP contribution is 2.18. The monoisotopic (exact) mass is 307 g/mol. The quantitative estimate of drug-likeness (QED) is 0.336. The maximum atomic E-state index is 11.4. The second-order valence-electron chi connectivity index (χ2n) is 4.27. The Labute approximate surface area is 123 Å². The first-order valence-corrected chi connectivity index (χ1v) is 9.32. The number of ether oxygens (including phenoxy) is 1. The number of hydrogen-bond donors (Lipinski definition) is 1. The summed E-state index contributed by atoms with van der Waals surface area (Å²) in [6, 6.07) is 0.0969. The first-order chi connectivity index (χ1) is 9.55. The van der Waals surface area contributed by atoms with Gasteiger partial charge in [-0.2, -0.15) is 0 Å². The summed E-state index contributed by atoms with van der Waals surface area (Å²) in [6.45, 7) is 9.56. The molecule has 0 aliphatic heterocycles. The van der Waals surface area contributed by atoms with E-state index in [1.54, 1.807) is 0 Å². The zero-order valence-electron chi connectivity index (χ0n) is 13.1. The maximum absolute atomic E-state index is 11.4. The molecule has 0 fully saturated rings. The lowest BCUT2D eigenvalue weighted by molar-refractivity contribution is -0.145. The molecule has 0 saturated heterocycles. The zero-order chi connectivity index (χ0) is 15.4. The Kier molecular flexibility index (Phi) is 10.9. The molecule has 0 saturated carbocycles. The summed E-state index contributed by atoms with van der Waals surface area (Å²) in [4.78, 5) is 11.4. The van der Waals surface area contributed by atoms with Gasteiger partial charge >= 0.3 is 14.8 Å². The Balaban J connectivity index is 4.21. The fraction of sp³-hybridized carbons (Fsp3) is 0.923. The van der Waals surface area contributed by atoms with Gasteiger partial charge in [0.2, 0.25) is 0 Å². The van der Waals surface area contributed by atoms with Crippen LogP contribution in [0, 0.1) is 0 Å². The summed E-state index contributed by atoms with van der Waals surface area (Å²) >= 11 is 0. The number of nitrogens with two attached hydrogens (primary N) is 1. The van der Waals surface area contributed by atoms with Crippen LogP contribution in [0.2, 0.25) is 6.04 Å². The van der Waals surface area contributed by atoms with Crippen molar-refractivity contribution in [3.63, 3.8) is 0 Å². The molecule has 6 nitrogen and oxygen atoms in total. The van der Waals surface area contributed by atoms with Gasteiger partial charge in [-0.05, 0) is 33.6 Å². The van der Waals surface area contributed by atoms with Gasteiger partial charge in [0.1, 0.15) is 6.04 Å². The molecule has 1 unspecified atom stereocenters. The highest BCUT2D eigenvalue weighted by atomic mass is 28.4. The Morgan fingerprint density at radius 2 is 1.55 bits per heavy atom.